The number of aliphatic carboxylic acids is 1. The molecule has 3 nitrogen and oxygen atoms in total. The molecule has 0 aliphatic carbocycles. The van der Waals surface area contributed by atoms with E-state index in [2.05, 4.69) is 20.8 Å². The fourth-order valence-corrected chi connectivity index (χ4v) is 1.49. The minimum Gasteiger partial charge on any atom is -0.481 e. The Labute approximate surface area is 95.7 Å². The molecule has 0 aliphatic rings. The fourth-order valence-electron chi connectivity index (χ4n) is 1.49. The van der Waals surface area contributed by atoms with Gasteiger partial charge in [-0.1, -0.05) is 45.0 Å². The van der Waals surface area contributed by atoms with Crippen molar-refractivity contribution in [2.24, 2.45) is 0 Å². The molecule has 1 unspecified atom stereocenters. The summed E-state index contributed by atoms with van der Waals surface area (Å²) in [5.74, 6) is -0.993. The van der Waals surface area contributed by atoms with Crippen molar-refractivity contribution in [3.8, 4) is 0 Å². The summed E-state index contributed by atoms with van der Waals surface area (Å²) >= 11 is 0. The van der Waals surface area contributed by atoms with E-state index in [-0.39, 0.29) is 11.8 Å². The van der Waals surface area contributed by atoms with Crippen LogP contribution in [0.1, 0.15) is 44.4 Å². The van der Waals surface area contributed by atoms with Crippen LogP contribution in [0.3, 0.4) is 0 Å². The Kier molecular flexibility index (Phi) is 3.70. The molecule has 3 heteroatoms. The third-order valence-corrected chi connectivity index (χ3v) is 2.53. The molecular formula is C13H18O3. The number of benzene rings is 1. The Hall–Kier alpha value is -1.35. The molecule has 0 amide bonds. The third-order valence-electron chi connectivity index (χ3n) is 2.53. The molecule has 0 radical (unpaired) electrons. The van der Waals surface area contributed by atoms with E-state index in [0.29, 0.717) is 5.56 Å². The SMILES string of the molecule is CC(C)(C)c1ccc(C(O)CC(=O)O)cc1. The van der Waals surface area contributed by atoms with Crippen LogP contribution < -0.4 is 0 Å². The lowest BCUT2D eigenvalue weighted by Gasteiger charge is -2.19. The molecule has 2 N–H and O–H groups in total. The summed E-state index contributed by atoms with van der Waals surface area (Å²) in [6, 6.07) is 7.43. The predicted octanol–water partition coefficient (Wildman–Crippen LogP) is 2.49. The van der Waals surface area contributed by atoms with Crippen LogP contribution in [0.5, 0.6) is 0 Å². The molecule has 0 bridgehead atoms. The van der Waals surface area contributed by atoms with E-state index in [9.17, 15) is 9.90 Å². The number of aliphatic hydroxyl groups excluding tert-OH is 1. The number of carboxylic acids is 1. The maximum Gasteiger partial charge on any atom is 0.306 e. The molecule has 1 aromatic rings. The minimum atomic E-state index is -0.993. The van der Waals surface area contributed by atoms with Crippen LogP contribution >= 0.6 is 0 Å². The fraction of sp³-hybridized carbons (Fsp3) is 0.462. The minimum absolute atomic E-state index is 0.0658. The van der Waals surface area contributed by atoms with Crippen LogP contribution in [0.2, 0.25) is 0 Å². The van der Waals surface area contributed by atoms with Crippen molar-refractivity contribution in [2.75, 3.05) is 0 Å². The van der Waals surface area contributed by atoms with Crippen molar-refractivity contribution < 1.29 is 15.0 Å². The van der Waals surface area contributed by atoms with Crippen molar-refractivity contribution >= 4 is 5.97 Å². The first-order valence-corrected chi connectivity index (χ1v) is 5.31. The normalized spacial score (nSPS) is 13.5. The van der Waals surface area contributed by atoms with Gasteiger partial charge in [-0.15, -0.1) is 0 Å². The van der Waals surface area contributed by atoms with Gasteiger partial charge in [-0.25, -0.2) is 0 Å². The molecule has 0 saturated carbocycles. The first kappa shape index (κ1) is 12.7. The average molecular weight is 222 g/mol. The molecule has 1 rings (SSSR count). The monoisotopic (exact) mass is 222 g/mol. The maximum absolute atomic E-state index is 10.4. The molecule has 1 atom stereocenters. The topological polar surface area (TPSA) is 57.5 Å². The maximum atomic E-state index is 10.4. The first-order valence-electron chi connectivity index (χ1n) is 5.31. The zero-order chi connectivity index (χ0) is 12.3. The Morgan fingerprint density at radius 3 is 2.12 bits per heavy atom. The number of carboxylic acid groups (broad SMARTS) is 1. The van der Waals surface area contributed by atoms with Gasteiger partial charge in [0.1, 0.15) is 0 Å². The third kappa shape index (κ3) is 3.35. The van der Waals surface area contributed by atoms with Crippen molar-refractivity contribution in [3.05, 3.63) is 35.4 Å². The summed E-state index contributed by atoms with van der Waals surface area (Å²) in [4.78, 5) is 10.4. The van der Waals surface area contributed by atoms with Crippen LogP contribution in [0.4, 0.5) is 0 Å². The van der Waals surface area contributed by atoms with Gasteiger partial charge >= 0.3 is 5.97 Å². The standard InChI is InChI=1S/C13H18O3/c1-13(2,3)10-6-4-9(5-7-10)11(14)8-12(15)16/h4-7,11,14H,8H2,1-3H3,(H,15,16). The highest BCUT2D eigenvalue weighted by atomic mass is 16.4. The first-order chi connectivity index (χ1) is 7.30. The summed E-state index contributed by atoms with van der Waals surface area (Å²) < 4.78 is 0. The van der Waals surface area contributed by atoms with Gasteiger partial charge < -0.3 is 10.2 Å². The van der Waals surface area contributed by atoms with Crippen LogP contribution in [-0.4, -0.2) is 16.2 Å². The van der Waals surface area contributed by atoms with E-state index in [1.165, 1.54) is 5.56 Å². The van der Waals surface area contributed by atoms with Crippen LogP contribution in [-0.2, 0) is 10.2 Å². The largest absolute Gasteiger partial charge is 0.481 e. The molecule has 1 aromatic carbocycles. The van der Waals surface area contributed by atoms with E-state index >= 15 is 0 Å². The number of hydrogen-bond donors (Lipinski definition) is 2. The van der Waals surface area contributed by atoms with Crippen molar-refractivity contribution in [3.63, 3.8) is 0 Å². The number of carbonyl (C=O) groups is 1. The molecule has 16 heavy (non-hydrogen) atoms. The average Bonchev–Trinajstić information content (AvgIpc) is 2.15. The molecule has 0 aliphatic heterocycles. The second-order valence-corrected chi connectivity index (χ2v) is 4.99. The number of hydrogen-bond acceptors (Lipinski definition) is 2. The molecule has 0 heterocycles. The van der Waals surface area contributed by atoms with E-state index in [1.807, 2.05) is 12.1 Å². The Bertz CT molecular complexity index is 360. The second-order valence-electron chi connectivity index (χ2n) is 4.99. The zero-order valence-electron chi connectivity index (χ0n) is 9.90. The lowest BCUT2D eigenvalue weighted by atomic mass is 9.86. The summed E-state index contributed by atoms with van der Waals surface area (Å²) in [6.07, 6.45) is -1.18. The van der Waals surface area contributed by atoms with Gasteiger partial charge in [0.05, 0.1) is 12.5 Å². The second kappa shape index (κ2) is 4.66. The Balaban J connectivity index is 2.83. The number of rotatable bonds is 3. The van der Waals surface area contributed by atoms with Crippen molar-refractivity contribution in [2.45, 2.75) is 38.7 Å². The van der Waals surface area contributed by atoms with Crippen molar-refractivity contribution in [1.29, 1.82) is 0 Å². The molecule has 0 fully saturated rings. The molecule has 88 valence electrons. The summed E-state index contributed by atoms with van der Waals surface area (Å²) in [5.41, 5.74) is 1.88. The highest BCUT2D eigenvalue weighted by Crippen LogP contribution is 2.24. The summed E-state index contributed by atoms with van der Waals surface area (Å²) in [7, 11) is 0. The van der Waals surface area contributed by atoms with Gasteiger partial charge in [0.15, 0.2) is 0 Å². The van der Waals surface area contributed by atoms with Gasteiger partial charge in [0.2, 0.25) is 0 Å². The molecular weight excluding hydrogens is 204 g/mol. The van der Waals surface area contributed by atoms with E-state index < -0.39 is 12.1 Å². The Morgan fingerprint density at radius 1 is 1.25 bits per heavy atom. The van der Waals surface area contributed by atoms with E-state index in [4.69, 9.17) is 5.11 Å². The summed E-state index contributed by atoms with van der Waals surface area (Å²) in [5, 5.41) is 18.2. The van der Waals surface area contributed by atoms with Gasteiger partial charge in [-0.3, -0.25) is 4.79 Å². The molecule has 0 spiro atoms. The number of aliphatic hydroxyl groups is 1. The highest BCUT2D eigenvalue weighted by Gasteiger charge is 2.15. The molecule has 0 saturated heterocycles. The van der Waals surface area contributed by atoms with Crippen LogP contribution in [0.15, 0.2) is 24.3 Å². The Morgan fingerprint density at radius 2 is 1.75 bits per heavy atom. The van der Waals surface area contributed by atoms with Gasteiger partial charge in [-0.2, -0.15) is 0 Å². The van der Waals surface area contributed by atoms with Crippen LogP contribution in [0.25, 0.3) is 0 Å². The van der Waals surface area contributed by atoms with Gasteiger partial charge in [0.25, 0.3) is 0 Å². The zero-order valence-corrected chi connectivity index (χ0v) is 9.90. The van der Waals surface area contributed by atoms with E-state index in [0.717, 1.165) is 0 Å². The highest BCUT2D eigenvalue weighted by molar-refractivity contribution is 5.67. The van der Waals surface area contributed by atoms with Gasteiger partial charge in [-0.05, 0) is 16.5 Å². The smallest absolute Gasteiger partial charge is 0.306 e. The van der Waals surface area contributed by atoms with Crippen molar-refractivity contribution in [1.82, 2.24) is 0 Å². The lowest BCUT2D eigenvalue weighted by molar-refractivity contribution is -0.139. The van der Waals surface area contributed by atoms with Crippen LogP contribution in [0, 0.1) is 0 Å². The molecule has 0 aromatic heterocycles. The van der Waals surface area contributed by atoms with E-state index in [1.54, 1.807) is 12.1 Å². The summed E-state index contributed by atoms with van der Waals surface area (Å²) in [6.45, 7) is 6.32. The predicted molar refractivity (Wildman–Crippen MR) is 62.4 cm³/mol. The van der Waals surface area contributed by atoms with Gasteiger partial charge in [0, 0.05) is 0 Å². The quantitative estimate of drug-likeness (QED) is 0.826. The lowest BCUT2D eigenvalue weighted by Crippen LogP contribution is -2.11.